The topological polar surface area (TPSA) is 12.0 Å². The maximum atomic E-state index is 13.3. The fraction of sp³-hybridized carbons (Fsp3) is 0.647. The van der Waals surface area contributed by atoms with Crippen LogP contribution in [0.2, 0.25) is 0 Å². The fourth-order valence-electron chi connectivity index (χ4n) is 3.18. The molecule has 112 valence electrons. The summed E-state index contributed by atoms with van der Waals surface area (Å²) in [7, 11) is 0. The lowest BCUT2D eigenvalue weighted by atomic mass is 9.76. The molecule has 1 N–H and O–H groups in total. The van der Waals surface area contributed by atoms with Crippen LogP contribution in [0, 0.1) is 17.7 Å². The Morgan fingerprint density at radius 1 is 1.25 bits per heavy atom. The Kier molecular flexibility index (Phi) is 6.03. The zero-order valence-corrected chi connectivity index (χ0v) is 14.0. The molecule has 2 rings (SSSR count). The molecule has 1 aliphatic rings. The average molecular weight is 342 g/mol. The molecule has 0 heterocycles. The Morgan fingerprint density at radius 3 is 2.60 bits per heavy atom. The average Bonchev–Trinajstić information content (AvgIpc) is 2.42. The van der Waals surface area contributed by atoms with Crippen LogP contribution in [0.3, 0.4) is 0 Å². The summed E-state index contributed by atoms with van der Waals surface area (Å²) in [5.74, 6) is 1.32. The van der Waals surface area contributed by atoms with Gasteiger partial charge in [0.25, 0.3) is 0 Å². The van der Waals surface area contributed by atoms with E-state index in [-0.39, 0.29) is 5.82 Å². The number of halogens is 2. The third-order valence-electron chi connectivity index (χ3n) is 4.34. The van der Waals surface area contributed by atoms with Crippen molar-refractivity contribution in [3.63, 3.8) is 0 Å². The first-order chi connectivity index (χ1) is 9.56. The Balaban J connectivity index is 1.98. The van der Waals surface area contributed by atoms with E-state index in [1.807, 2.05) is 12.1 Å². The van der Waals surface area contributed by atoms with Crippen molar-refractivity contribution in [1.82, 2.24) is 5.32 Å². The molecule has 0 radical (unpaired) electrons. The molecule has 1 aromatic carbocycles. The zero-order chi connectivity index (χ0) is 14.5. The van der Waals surface area contributed by atoms with Gasteiger partial charge >= 0.3 is 0 Å². The minimum absolute atomic E-state index is 0.171. The van der Waals surface area contributed by atoms with Crippen LogP contribution in [0.4, 0.5) is 4.39 Å². The molecule has 1 fully saturated rings. The van der Waals surface area contributed by atoms with Crippen LogP contribution in [0.15, 0.2) is 22.7 Å². The normalized spacial score (nSPS) is 23.2. The summed E-state index contributed by atoms with van der Waals surface area (Å²) in [4.78, 5) is 0. The molecule has 0 aromatic heterocycles. The molecule has 1 nitrogen and oxygen atoms in total. The van der Waals surface area contributed by atoms with Crippen molar-refractivity contribution in [2.75, 3.05) is 6.54 Å². The van der Waals surface area contributed by atoms with E-state index in [1.165, 1.54) is 31.2 Å². The third-order valence-corrected chi connectivity index (χ3v) is 4.94. The molecule has 2 atom stereocenters. The van der Waals surface area contributed by atoms with Crippen molar-refractivity contribution in [3.8, 4) is 0 Å². The Bertz CT molecular complexity index is 433. The lowest BCUT2D eigenvalue weighted by Gasteiger charge is -2.32. The summed E-state index contributed by atoms with van der Waals surface area (Å²) in [6, 6.07) is 6.00. The van der Waals surface area contributed by atoms with Gasteiger partial charge in [0.2, 0.25) is 0 Å². The first-order valence-electron chi connectivity index (χ1n) is 7.73. The molecule has 20 heavy (non-hydrogen) atoms. The van der Waals surface area contributed by atoms with Gasteiger partial charge in [-0.1, -0.05) is 32.8 Å². The van der Waals surface area contributed by atoms with Gasteiger partial charge < -0.3 is 5.32 Å². The molecular weight excluding hydrogens is 317 g/mol. The van der Waals surface area contributed by atoms with E-state index in [2.05, 4.69) is 35.1 Å². The second kappa shape index (κ2) is 7.56. The molecule has 2 unspecified atom stereocenters. The van der Waals surface area contributed by atoms with Gasteiger partial charge in [-0.2, -0.15) is 0 Å². The molecule has 0 spiro atoms. The van der Waals surface area contributed by atoms with Gasteiger partial charge in [-0.15, -0.1) is 0 Å². The monoisotopic (exact) mass is 341 g/mol. The van der Waals surface area contributed by atoms with Crippen LogP contribution in [0.5, 0.6) is 0 Å². The number of benzene rings is 1. The highest BCUT2D eigenvalue weighted by Crippen LogP contribution is 2.33. The molecule has 0 amide bonds. The molecule has 0 bridgehead atoms. The standard InChI is InChI=1S/C17H25BrFN/c1-12(2)20-11-15-6-4-3-5-14(15)9-13-7-8-17(19)16(18)10-13/h7-8,10,12,14-15,20H,3-6,9,11H2,1-2H3. The second-order valence-corrected chi connectivity index (χ2v) is 7.17. The van der Waals surface area contributed by atoms with E-state index in [9.17, 15) is 4.39 Å². The van der Waals surface area contributed by atoms with Gasteiger partial charge in [0, 0.05) is 6.04 Å². The molecule has 1 aliphatic carbocycles. The van der Waals surface area contributed by atoms with Crippen molar-refractivity contribution in [2.45, 2.75) is 52.0 Å². The summed E-state index contributed by atoms with van der Waals surface area (Å²) >= 11 is 3.29. The minimum atomic E-state index is -0.171. The highest BCUT2D eigenvalue weighted by atomic mass is 79.9. The lowest BCUT2D eigenvalue weighted by Crippen LogP contribution is -2.34. The third kappa shape index (κ3) is 4.56. The molecule has 1 saturated carbocycles. The number of hydrogen-bond acceptors (Lipinski definition) is 1. The molecule has 1 aromatic rings. The van der Waals surface area contributed by atoms with E-state index in [0.717, 1.165) is 24.8 Å². The maximum Gasteiger partial charge on any atom is 0.137 e. The summed E-state index contributed by atoms with van der Waals surface area (Å²) in [6.45, 7) is 5.52. The zero-order valence-electron chi connectivity index (χ0n) is 12.5. The number of nitrogens with one attached hydrogen (secondary N) is 1. The fourth-order valence-corrected chi connectivity index (χ4v) is 3.60. The molecular formula is C17H25BrFN. The van der Waals surface area contributed by atoms with Crippen LogP contribution in [0.25, 0.3) is 0 Å². The van der Waals surface area contributed by atoms with Crippen molar-refractivity contribution >= 4 is 15.9 Å². The lowest BCUT2D eigenvalue weighted by molar-refractivity contribution is 0.224. The van der Waals surface area contributed by atoms with Gasteiger partial charge in [0.05, 0.1) is 4.47 Å². The van der Waals surface area contributed by atoms with E-state index in [1.54, 1.807) is 6.07 Å². The quantitative estimate of drug-likeness (QED) is 0.800. The van der Waals surface area contributed by atoms with Crippen LogP contribution < -0.4 is 5.32 Å². The molecule has 3 heteroatoms. The summed E-state index contributed by atoms with van der Waals surface area (Å²) < 4.78 is 13.9. The van der Waals surface area contributed by atoms with Crippen molar-refractivity contribution in [2.24, 2.45) is 11.8 Å². The summed E-state index contributed by atoms with van der Waals surface area (Å²) in [5, 5.41) is 3.58. The largest absolute Gasteiger partial charge is 0.314 e. The highest BCUT2D eigenvalue weighted by molar-refractivity contribution is 9.10. The number of rotatable bonds is 5. The Labute approximate surface area is 130 Å². The second-order valence-electron chi connectivity index (χ2n) is 6.32. The SMILES string of the molecule is CC(C)NCC1CCCCC1Cc1ccc(F)c(Br)c1. The van der Waals surface area contributed by atoms with Crippen LogP contribution in [-0.2, 0) is 6.42 Å². The van der Waals surface area contributed by atoms with Crippen LogP contribution in [-0.4, -0.2) is 12.6 Å². The van der Waals surface area contributed by atoms with E-state index < -0.39 is 0 Å². The van der Waals surface area contributed by atoms with Gasteiger partial charge in [-0.05, 0) is 71.3 Å². The van der Waals surface area contributed by atoms with Crippen molar-refractivity contribution < 1.29 is 4.39 Å². The van der Waals surface area contributed by atoms with E-state index in [0.29, 0.717) is 10.5 Å². The predicted octanol–water partition coefficient (Wildman–Crippen LogP) is 4.94. The van der Waals surface area contributed by atoms with E-state index >= 15 is 0 Å². The van der Waals surface area contributed by atoms with Gasteiger partial charge in [-0.3, -0.25) is 0 Å². The van der Waals surface area contributed by atoms with Gasteiger partial charge in [-0.25, -0.2) is 4.39 Å². The summed E-state index contributed by atoms with van der Waals surface area (Å²) in [6.07, 6.45) is 6.40. The summed E-state index contributed by atoms with van der Waals surface area (Å²) in [5.41, 5.74) is 1.25. The van der Waals surface area contributed by atoms with Crippen LogP contribution >= 0.6 is 15.9 Å². The highest BCUT2D eigenvalue weighted by Gasteiger charge is 2.25. The smallest absolute Gasteiger partial charge is 0.137 e. The predicted molar refractivity (Wildman–Crippen MR) is 86.4 cm³/mol. The first kappa shape index (κ1) is 16.0. The van der Waals surface area contributed by atoms with Crippen molar-refractivity contribution in [3.05, 3.63) is 34.1 Å². The first-order valence-corrected chi connectivity index (χ1v) is 8.53. The minimum Gasteiger partial charge on any atom is -0.314 e. The number of hydrogen-bond donors (Lipinski definition) is 1. The van der Waals surface area contributed by atoms with Gasteiger partial charge in [0.15, 0.2) is 0 Å². The Morgan fingerprint density at radius 2 is 1.95 bits per heavy atom. The Hall–Kier alpha value is -0.410. The maximum absolute atomic E-state index is 13.3. The van der Waals surface area contributed by atoms with Crippen molar-refractivity contribution in [1.29, 1.82) is 0 Å². The molecule has 0 saturated heterocycles. The van der Waals surface area contributed by atoms with Gasteiger partial charge in [0.1, 0.15) is 5.82 Å². The van der Waals surface area contributed by atoms with Crippen LogP contribution in [0.1, 0.15) is 45.1 Å². The van der Waals surface area contributed by atoms with E-state index in [4.69, 9.17) is 0 Å². The molecule has 0 aliphatic heterocycles.